The molecule has 1 amide bonds. The second-order valence-electron chi connectivity index (χ2n) is 6.41. The highest BCUT2D eigenvalue weighted by atomic mass is 32.2. The van der Waals surface area contributed by atoms with Crippen LogP contribution in [-0.4, -0.2) is 35.6 Å². The Kier molecular flexibility index (Phi) is 5.82. The fraction of sp³-hybridized carbons (Fsp3) is 0.278. The lowest BCUT2D eigenvalue weighted by molar-refractivity contribution is -0.137. The second-order valence-corrected chi connectivity index (χ2v) is 8.45. The van der Waals surface area contributed by atoms with Crippen LogP contribution in [0.5, 0.6) is 11.5 Å². The summed E-state index contributed by atoms with van der Waals surface area (Å²) in [5, 5.41) is 8.79. The predicted octanol–water partition coefficient (Wildman–Crippen LogP) is 2.91. The maximum Gasteiger partial charge on any atom is 0.416 e. The van der Waals surface area contributed by atoms with E-state index in [9.17, 15) is 26.4 Å². The molecule has 0 aromatic heterocycles. The number of hydrogen-bond acceptors (Lipinski definition) is 5. The van der Waals surface area contributed by atoms with Crippen molar-refractivity contribution in [3.63, 3.8) is 0 Å². The first-order valence-corrected chi connectivity index (χ1v) is 10.1. The molecule has 1 heterocycles. The second kappa shape index (κ2) is 8.01. The molecule has 0 saturated carbocycles. The molecular formula is C18H17F3N2O5S. The smallest absolute Gasteiger partial charge is 0.416 e. The number of sulfonamides is 1. The number of hydroxylamine groups is 1. The average molecular weight is 430 g/mol. The Hall–Kier alpha value is -2.63. The lowest BCUT2D eigenvalue weighted by Crippen LogP contribution is -2.43. The first-order chi connectivity index (χ1) is 13.6. The first kappa shape index (κ1) is 21.1. The molecule has 2 N–H and O–H groups in total. The number of ether oxygens (including phenoxy) is 1. The SMILES string of the molecule is O=C(NO)[C@H]1CCS(=O)(=O)N1Cc1ccc(Oc2ccc(C(F)(F)F)cc2)cc1. The summed E-state index contributed by atoms with van der Waals surface area (Å²) in [5.41, 5.74) is 1.27. The summed E-state index contributed by atoms with van der Waals surface area (Å²) in [7, 11) is -3.63. The van der Waals surface area contributed by atoms with Crippen LogP contribution in [0, 0.1) is 0 Å². The van der Waals surface area contributed by atoms with E-state index in [2.05, 4.69) is 0 Å². The molecule has 29 heavy (non-hydrogen) atoms. The molecule has 1 saturated heterocycles. The average Bonchev–Trinajstić information content (AvgIpc) is 2.97. The van der Waals surface area contributed by atoms with Crippen LogP contribution in [-0.2, 0) is 27.5 Å². The molecule has 1 aliphatic heterocycles. The molecule has 2 aromatic carbocycles. The normalized spacial score (nSPS) is 19.1. The highest BCUT2D eigenvalue weighted by Crippen LogP contribution is 2.31. The van der Waals surface area contributed by atoms with Gasteiger partial charge in [0, 0.05) is 6.54 Å². The Bertz CT molecular complexity index is 976. The quantitative estimate of drug-likeness (QED) is 0.562. The van der Waals surface area contributed by atoms with Gasteiger partial charge in [-0.2, -0.15) is 17.5 Å². The minimum atomic E-state index is -4.43. The van der Waals surface area contributed by atoms with Crippen LogP contribution in [0.1, 0.15) is 17.5 Å². The van der Waals surface area contributed by atoms with Gasteiger partial charge in [-0.15, -0.1) is 0 Å². The van der Waals surface area contributed by atoms with Crippen LogP contribution in [0.3, 0.4) is 0 Å². The van der Waals surface area contributed by atoms with Crippen molar-refractivity contribution in [3.8, 4) is 11.5 Å². The van der Waals surface area contributed by atoms with Gasteiger partial charge < -0.3 is 4.74 Å². The van der Waals surface area contributed by atoms with Gasteiger partial charge in [0.1, 0.15) is 17.5 Å². The molecule has 156 valence electrons. The summed E-state index contributed by atoms with van der Waals surface area (Å²) in [6.45, 7) is -0.0685. The minimum absolute atomic E-state index is 0.0685. The van der Waals surface area contributed by atoms with Gasteiger partial charge in [0.05, 0.1) is 11.3 Å². The van der Waals surface area contributed by atoms with Crippen molar-refractivity contribution in [2.45, 2.75) is 25.2 Å². The number of halogens is 3. The van der Waals surface area contributed by atoms with Crippen molar-refractivity contribution >= 4 is 15.9 Å². The van der Waals surface area contributed by atoms with Crippen LogP contribution in [0.15, 0.2) is 48.5 Å². The summed E-state index contributed by atoms with van der Waals surface area (Å²) in [6, 6.07) is 9.48. The third-order valence-corrected chi connectivity index (χ3v) is 6.30. The fourth-order valence-corrected chi connectivity index (χ4v) is 4.64. The van der Waals surface area contributed by atoms with Gasteiger partial charge in [0.2, 0.25) is 10.0 Å². The zero-order valence-corrected chi connectivity index (χ0v) is 15.7. The number of hydrogen-bond donors (Lipinski definition) is 2. The van der Waals surface area contributed by atoms with E-state index >= 15 is 0 Å². The number of carbonyl (C=O) groups is 1. The van der Waals surface area contributed by atoms with Crippen LogP contribution in [0.25, 0.3) is 0 Å². The molecule has 1 atom stereocenters. The van der Waals surface area contributed by atoms with E-state index in [0.717, 1.165) is 16.4 Å². The number of nitrogens with zero attached hydrogens (tertiary/aromatic N) is 1. The van der Waals surface area contributed by atoms with E-state index in [1.165, 1.54) is 29.7 Å². The summed E-state index contributed by atoms with van der Waals surface area (Å²) < 4.78 is 68.6. The number of amides is 1. The number of alkyl halides is 3. The summed E-state index contributed by atoms with van der Waals surface area (Å²) in [5.74, 6) is -0.427. The van der Waals surface area contributed by atoms with E-state index in [1.807, 2.05) is 0 Å². The van der Waals surface area contributed by atoms with Gasteiger partial charge in [-0.3, -0.25) is 10.0 Å². The van der Waals surface area contributed by atoms with Gasteiger partial charge in [0.25, 0.3) is 5.91 Å². The lowest BCUT2D eigenvalue weighted by Gasteiger charge is -2.21. The Balaban J connectivity index is 1.69. The molecule has 1 aliphatic rings. The first-order valence-electron chi connectivity index (χ1n) is 8.48. The van der Waals surface area contributed by atoms with Gasteiger partial charge in [0.15, 0.2) is 0 Å². The number of carbonyl (C=O) groups excluding carboxylic acids is 1. The summed E-state index contributed by atoms with van der Waals surface area (Å²) >= 11 is 0. The zero-order chi connectivity index (χ0) is 21.2. The van der Waals surface area contributed by atoms with Crippen molar-refractivity contribution in [2.24, 2.45) is 0 Å². The molecule has 0 aliphatic carbocycles. The number of nitrogens with one attached hydrogen (secondary N) is 1. The molecule has 2 aromatic rings. The zero-order valence-electron chi connectivity index (χ0n) is 14.9. The molecule has 0 spiro atoms. The standard InChI is InChI=1S/C18H17F3N2O5S/c19-18(20,21)13-3-7-15(8-4-13)28-14-5-1-12(2-6-14)11-23-16(17(24)22-25)9-10-29(23,26)27/h1-8,16,25H,9-11H2,(H,22,24)/t16-/m1/s1. The van der Waals surface area contributed by atoms with Crippen LogP contribution in [0.4, 0.5) is 13.2 Å². The molecule has 0 unspecified atom stereocenters. The summed E-state index contributed by atoms with van der Waals surface area (Å²) in [4.78, 5) is 11.7. The Morgan fingerprint density at radius 2 is 1.66 bits per heavy atom. The minimum Gasteiger partial charge on any atom is -0.457 e. The van der Waals surface area contributed by atoms with E-state index in [-0.39, 0.29) is 24.5 Å². The van der Waals surface area contributed by atoms with Crippen molar-refractivity contribution in [1.29, 1.82) is 0 Å². The molecule has 7 nitrogen and oxygen atoms in total. The van der Waals surface area contributed by atoms with Crippen LogP contribution in [0.2, 0.25) is 0 Å². The fourth-order valence-electron chi connectivity index (χ4n) is 2.95. The molecular weight excluding hydrogens is 413 g/mol. The highest BCUT2D eigenvalue weighted by Gasteiger charge is 2.41. The van der Waals surface area contributed by atoms with Crippen LogP contribution >= 0.6 is 0 Å². The largest absolute Gasteiger partial charge is 0.457 e. The predicted molar refractivity (Wildman–Crippen MR) is 95.6 cm³/mol. The van der Waals surface area contributed by atoms with E-state index in [0.29, 0.717) is 11.3 Å². The van der Waals surface area contributed by atoms with Crippen LogP contribution < -0.4 is 10.2 Å². The van der Waals surface area contributed by atoms with Crippen molar-refractivity contribution in [2.75, 3.05) is 5.75 Å². The number of benzene rings is 2. The molecule has 1 fully saturated rings. The maximum atomic E-state index is 12.6. The highest BCUT2D eigenvalue weighted by molar-refractivity contribution is 7.89. The molecule has 3 rings (SSSR count). The third-order valence-electron chi connectivity index (χ3n) is 4.45. The Labute approximate surface area is 164 Å². The topological polar surface area (TPSA) is 95.9 Å². The van der Waals surface area contributed by atoms with Crippen molar-refractivity contribution < 1.29 is 36.3 Å². The monoisotopic (exact) mass is 430 g/mol. The van der Waals surface area contributed by atoms with E-state index in [1.54, 1.807) is 12.1 Å². The van der Waals surface area contributed by atoms with Gasteiger partial charge in [-0.05, 0) is 48.4 Å². The van der Waals surface area contributed by atoms with Gasteiger partial charge in [-0.1, -0.05) is 12.1 Å². The molecule has 11 heteroatoms. The maximum absolute atomic E-state index is 12.6. The Morgan fingerprint density at radius 1 is 1.10 bits per heavy atom. The van der Waals surface area contributed by atoms with Crippen molar-refractivity contribution in [1.82, 2.24) is 9.79 Å². The van der Waals surface area contributed by atoms with Gasteiger partial charge in [-0.25, -0.2) is 13.9 Å². The molecule has 0 radical (unpaired) electrons. The number of rotatable bonds is 5. The summed E-state index contributed by atoms with van der Waals surface area (Å²) in [6.07, 6.45) is -4.36. The Morgan fingerprint density at radius 3 is 2.17 bits per heavy atom. The van der Waals surface area contributed by atoms with Crippen molar-refractivity contribution in [3.05, 3.63) is 59.7 Å². The van der Waals surface area contributed by atoms with E-state index in [4.69, 9.17) is 9.94 Å². The lowest BCUT2D eigenvalue weighted by atomic mass is 10.1. The third kappa shape index (κ3) is 4.86. The van der Waals surface area contributed by atoms with Gasteiger partial charge >= 0.3 is 6.18 Å². The van der Waals surface area contributed by atoms with E-state index < -0.39 is 33.7 Å². The molecule has 0 bridgehead atoms.